The van der Waals surface area contributed by atoms with Crippen molar-refractivity contribution in [3.8, 4) is 0 Å². The SMILES string of the molecule is CC(C)[C@H](NC(=O)OC(C)(C)C)C(=O)N[C@H](CCc1ccccc1CNC(=O)OC(C)(C)C)C(=O)O. The van der Waals surface area contributed by atoms with Crippen LogP contribution in [0.3, 0.4) is 0 Å². The summed E-state index contributed by atoms with van der Waals surface area (Å²) in [6.45, 7) is 14.1. The number of hydrogen-bond donors (Lipinski definition) is 4. The van der Waals surface area contributed by atoms with Crippen LogP contribution < -0.4 is 16.0 Å². The third kappa shape index (κ3) is 11.9. The first kappa shape index (κ1) is 30.7. The summed E-state index contributed by atoms with van der Waals surface area (Å²) >= 11 is 0. The van der Waals surface area contributed by atoms with Crippen LogP contribution in [0.25, 0.3) is 0 Å². The zero-order valence-corrected chi connectivity index (χ0v) is 22.6. The zero-order valence-electron chi connectivity index (χ0n) is 22.6. The Labute approximate surface area is 213 Å². The second-order valence-corrected chi connectivity index (χ2v) is 10.9. The number of nitrogens with one attached hydrogen (secondary N) is 3. The standard InChI is InChI=1S/C26H41N3O7/c1-16(2)20(29-24(34)36-26(6,7)8)21(30)28-19(22(31)32)14-13-17-11-9-10-12-18(17)15-27-23(33)35-25(3,4)5/h9-12,16,19-20H,13-15H2,1-8H3,(H,27,33)(H,28,30)(H,29,34)(H,31,32)/t19-,20+/m1/s1. The summed E-state index contributed by atoms with van der Waals surface area (Å²) < 4.78 is 10.5. The van der Waals surface area contributed by atoms with E-state index in [4.69, 9.17) is 9.47 Å². The second-order valence-electron chi connectivity index (χ2n) is 10.9. The summed E-state index contributed by atoms with van der Waals surface area (Å²) in [6, 6.07) is 5.18. The molecule has 0 radical (unpaired) electrons. The van der Waals surface area contributed by atoms with Crippen molar-refractivity contribution in [2.75, 3.05) is 0 Å². The lowest BCUT2D eigenvalue weighted by atomic mass is 9.99. The topological polar surface area (TPSA) is 143 Å². The van der Waals surface area contributed by atoms with Gasteiger partial charge in [-0.1, -0.05) is 38.1 Å². The molecule has 2 atom stereocenters. The number of carboxylic acids is 1. The molecule has 0 heterocycles. The largest absolute Gasteiger partial charge is 0.480 e. The van der Waals surface area contributed by atoms with E-state index in [-0.39, 0.29) is 18.9 Å². The van der Waals surface area contributed by atoms with E-state index in [1.54, 1.807) is 55.4 Å². The third-order valence-corrected chi connectivity index (χ3v) is 4.88. The Hall–Kier alpha value is -3.30. The van der Waals surface area contributed by atoms with Crippen molar-refractivity contribution < 1.29 is 33.8 Å². The van der Waals surface area contributed by atoms with E-state index in [9.17, 15) is 24.3 Å². The van der Waals surface area contributed by atoms with Crippen molar-refractivity contribution in [3.63, 3.8) is 0 Å². The normalized spacial score (nSPS) is 13.4. The van der Waals surface area contributed by atoms with Crippen LogP contribution in [0.5, 0.6) is 0 Å². The first-order valence-corrected chi connectivity index (χ1v) is 12.0. The molecule has 0 spiro atoms. The summed E-state index contributed by atoms with van der Waals surface area (Å²) in [4.78, 5) is 48.9. The fourth-order valence-corrected chi connectivity index (χ4v) is 3.24. The Morgan fingerprint density at radius 2 is 1.39 bits per heavy atom. The molecule has 0 aliphatic carbocycles. The van der Waals surface area contributed by atoms with E-state index in [1.165, 1.54) is 0 Å². The van der Waals surface area contributed by atoms with E-state index >= 15 is 0 Å². The van der Waals surface area contributed by atoms with Gasteiger partial charge in [-0.15, -0.1) is 0 Å². The monoisotopic (exact) mass is 507 g/mol. The molecule has 0 unspecified atom stereocenters. The van der Waals surface area contributed by atoms with Gasteiger partial charge in [0, 0.05) is 6.54 Å². The van der Waals surface area contributed by atoms with Gasteiger partial charge in [-0.05, 0) is 71.4 Å². The molecular formula is C26H41N3O7. The number of aliphatic carboxylic acids is 1. The smallest absolute Gasteiger partial charge is 0.408 e. The van der Waals surface area contributed by atoms with E-state index in [1.807, 2.05) is 24.3 Å². The predicted octanol–water partition coefficient (Wildman–Crippen LogP) is 3.76. The molecule has 4 N–H and O–H groups in total. The van der Waals surface area contributed by atoms with Gasteiger partial charge in [0.25, 0.3) is 0 Å². The summed E-state index contributed by atoms with van der Waals surface area (Å²) in [5, 5.41) is 17.5. The van der Waals surface area contributed by atoms with E-state index in [2.05, 4.69) is 16.0 Å². The molecule has 3 amide bonds. The Balaban J connectivity index is 2.83. The number of ether oxygens (including phenoxy) is 2. The van der Waals surface area contributed by atoms with Crippen LogP contribution >= 0.6 is 0 Å². The van der Waals surface area contributed by atoms with Crippen molar-refractivity contribution in [1.82, 2.24) is 16.0 Å². The zero-order chi connectivity index (χ0) is 27.7. The van der Waals surface area contributed by atoms with Crippen LogP contribution in [0, 0.1) is 5.92 Å². The van der Waals surface area contributed by atoms with Crippen molar-refractivity contribution in [2.45, 2.75) is 98.1 Å². The number of alkyl carbamates (subject to hydrolysis) is 2. The Morgan fingerprint density at radius 3 is 1.89 bits per heavy atom. The summed E-state index contributed by atoms with van der Waals surface area (Å²) in [5.41, 5.74) is 0.284. The van der Waals surface area contributed by atoms with Crippen LogP contribution in [0.15, 0.2) is 24.3 Å². The highest BCUT2D eigenvalue weighted by Gasteiger charge is 2.30. The average molecular weight is 508 g/mol. The Morgan fingerprint density at radius 1 is 0.861 bits per heavy atom. The van der Waals surface area contributed by atoms with Crippen LogP contribution in [0.4, 0.5) is 9.59 Å². The van der Waals surface area contributed by atoms with Gasteiger partial charge in [-0.2, -0.15) is 0 Å². The molecule has 0 saturated heterocycles. The highest BCUT2D eigenvalue weighted by atomic mass is 16.6. The van der Waals surface area contributed by atoms with Crippen LogP contribution in [-0.2, 0) is 32.0 Å². The molecule has 1 rings (SSSR count). The lowest BCUT2D eigenvalue weighted by molar-refractivity contribution is -0.142. The van der Waals surface area contributed by atoms with E-state index < -0.39 is 47.3 Å². The number of aryl methyl sites for hydroxylation is 1. The quantitative estimate of drug-likeness (QED) is 0.377. The van der Waals surface area contributed by atoms with E-state index in [0.717, 1.165) is 11.1 Å². The van der Waals surface area contributed by atoms with Gasteiger partial charge in [0.2, 0.25) is 5.91 Å². The van der Waals surface area contributed by atoms with Gasteiger partial charge >= 0.3 is 18.2 Å². The molecule has 10 heteroatoms. The molecule has 36 heavy (non-hydrogen) atoms. The minimum absolute atomic E-state index is 0.113. The maximum absolute atomic E-state index is 12.9. The van der Waals surface area contributed by atoms with Crippen molar-refractivity contribution in [2.24, 2.45) is 5.92 Å². The molecule has 202 valence electrons. The van der Waals surface area contributed by atoms with Gasteiger partial charge in [-0.3, -0.25) is 4.79 Å². The maximum Gasteiger partial charge on any atom is 0.408 e. The fraction of sp³-hybridized carbons (Fsp3) is 0.615. The van der Waals surface area contributed by atoms with Gasteiger partial charge in [0.1, 0.15) is 23.3 Å². The van der Waals surface area contributed by atoms with Gasteiger partial charge in [0.05, 0.1) is 0 Å². The molecule has 0 aliphatic rings. The molecule has 0 fully saturated rings. The minimum atomic E-state index is -1.19. The molecule has 0 bridgehead atoms. The average Bonchev–Trinajstić information content (AvgIpc) is 2.71. The molecule has 10 nitrogen and oxygen atoms in total. The highest BCUT2D eigenvalue weighted by molar-refractivity contribution is 5.89. The summed E-state index contributed by atoms with van der Waals surface area (Å²) in [7, 11) is 0. The fourth-order valence-electron chi connectivity index (χ4n) is 3.24. The van der Waals surface area contributed by atoms with Crippen molar-refractivity contribution >= 4 is 24.1 Å². The van der Waals surface area contributed by atoms with Crippen molar-refractivity contribution in [3.05, 3.63) is 35.4 Å². The number of benzene rings is 1. The second kappa shape index (κ2) is 13.1. The minimum Gasteiger partial charge on any atom is -0.480 e. The Bertz CT molecular complexity index is 917. The number of rotatable bonds is 10. The highest BCUT2D eigenvalue weighted by Crippen LogP contribution is 2.14. The van der Waals surface area contributed by atoms with Gasteiger partial charge in [-0.25, -0.2) is 14.4 Å². The van der Waals surface area contributed by atoms with E-state index in [0.29, 0.717) is 6.42 Å². The van der Waals surface area contributed by atoms with Crippen LogP contribution in [0.2, 0.25) is 0 Å². The Kier molecular flexibility index (Phi) is 11.2. The maximum atomic E-state index is 12.9. The predicted molar refractivity (Wildman–Crippen MR) is 135 cm³/mol. The molecule has 0 aliphatic heterocycles. The first-order valence-electron chi connectivity index (χ1n) is 12.0. The molecule has 1 aromatic carbocycles. The number of carbonyl (C=O) groups is 4. The van der Waals surface area contributed by atoms with Crippen molar-refractivity contribution in [1.29, 1.82) is 0 Å². The number of hydrogen-bond acceptors (Lipinski definition) is 6. The molecular weight excluding hydrogens is 466 g/mol. The number of carboxylic acid groups (broad SMARTS) is 1. The lowest BCUT2D eigenvalue weighted by Crippen LogP contribution is -2.54. The molecule has 0 saturated carbocycles. The van der Waals surface area contributed by atoms with Gasteiger partial charge in [0.15, 0.2) is 0 Å². The lowest BCUT2D eigenvalue weighted by Gasteiger charge is -2.26. The molecule has 1 aromatic rings. The van der Waals surface area contributed by atoms with Crippen LogP contribution in [-0.4, -0.2) is 52.5 Å². The number of amides is 3. The van der Waals surface area contributed by atoms with Gasteiger partial charge < -0.3 is 30.5 Å². The molecule has 0 aromatic heterocycles. The summed E-state index contributed by atoms with van der Waals surface area (Å²) in [5.74, 6) is -2.10. The number of carbonyl (C=O) groups excluding carboxylic acids is 3. The first-order chi connectivity index (χ1) is 16.5. The van der Waals surface area contributed by atoms with Crippen LogP contribution in [0.1, 0.15) is 72.9 Å². The third-order valence-electron chi connectivity index (χ3n) is 4.88. The summed E-state index contributed by atoms with van der Waals surface area (Å²) in [6.07, 6.45) is -0.850.